The van der Waals surface area contributed by atoms with Gasteiger partial charge in [-0.15, -0.1) is 0 Å². The minimum Gasteiger partial charge on any atom is -0.480 e. The molecule has 7 heteroatoms. The van der Waals surface area contributed by atoms with Crippen LogP contribution in [0.25, 0.3) is 0 Å². The topological polar surface area (TPSA) is 96.3 Å². The smallest absolute Gasteiger partial charge is 0.323 e. The van der Waals surface area contributed by atoms with Gasteiger partial charge in [0.1, 0.15) is 5.54 Å². The molecular formula is C14H24N4O3. The summed E-state index contributed by atoms with van der Waals surface area (Å²) in [6.45, 7) is 7.20. The lowest BCUT2D eigenvalue weighted by Gasteiger charge is -2.27. The molecule has 0 aliphatic carbocycles. The SMILES string of the molecule is CCC(CC)(NCC(=O)Nc1c(C)nn(C)c1C)C(=O)O. The lowest BCUT2D eigenvalue weighted by molar-refractivity contribution is -0.145. The summed E-state index contributed by atoms with van der Waals surface area (Å²) < 4.78 is 1.69. The molecule has 3 N–H and O–H groups in total. The van der Waals surface area contributed by atoms with E-state index in [0.717, 1.165) is 11.4 Å². The number of carboxylic acids is 1. The normalized spacial score (nSPS) is 11.5. The number of carboxylic acid groups (broad SMARTS) is 1. The number of hydrogen-bond acceptors (Lipinski definition) is 4. The summed E-state index contributed by atoms with van der Waals surface area (Å²) in [4.78, 5) is 23.4. The molecule has 0 saturated heterocycles. The van der Waals surface area contributed by atoms with Gasteiger partial charge < -0.3 is 10.4 Å². The standard InChI is InChI=1S/C14H24N4O3/c1-6-14(7-2,13(20)21)15-8-11(19)16-12-9(3)17-18(5)10(12)4/h15H,6-8H2,1-5H3,(H,16,19)(H,20,21). The number of nitrogens with one attached hydrogen (secondary N) is 2. The predicted molar refractivity (Wildman–Crippen MR) is 80.3 cm³/mol. The Morgan fingerprint density at radius 3 is 2.24 bits per heavy atom. The number of carbonyl (C=O) groups is 2. The Labute approximate surface area is 124 Å². The Kier molecular flexibility index (Phi) is 5.48. The molecule has 0 unspecified atom stereocenters. The summed E-state index contributed by atoms with van der Waals surface area (Å²) in [5, 5.41) is 19.2. The maximum Gasteiger partial charge on any atom is 0.323 e. The first-order valence-electron chi connectivity index (χ1n) is 7.05. The second kappa shape index (κ2) is 6.71. The van der Waals surface area contributed by atoms with Gasteiger partial charge in [-0.2, -0.15) is 5.10 Å². The first-order valence-corrected chi connectivity index (χ1v) is 7.05. The van der Waals surface area contributed by atoms with E-state index < -0.39 is 11.5 Å². The van der Waals surface area contributed by atoms with E-state index >= 15 is 0 Å². The van der Waals surface area contributed by atoms with Crippen LogP contribution < -0.4 is 10.6 Å². The van der Waals surface area contributed by atoms with Crippen molar-refractivity contribution in [2.45, 2.75) is 46.1 Å². The highest BCUT2D eigenvalue weighted by molar-refractivity contribution is 5.94. The molecule has 1 aromatic rings. The Bertz CT molecular complexity index is 533. The fraction of sp³-hybridized carbons (Fsp3) is 0.643. The first kappa shape index (κ1) is 17.2. The number of carbonyl (C=O) groups excluding carboxylic acids is 1. The van der Waals surface area contributed by atoms with Crippen molar-refractivity contribution in [3.63, 3.8) is 0 Å². The summed E-state index contributed by atoms with van der Waals surface area (Å²) in [6, 6.07) is 0. The van der Waals surface area contributed by atoms with Crippen LogP contribution in [-0.2, 0) is 16.6 Å². The van der Waals surface area contributed by atoms with Crippen LogP contribution in [0, 0.1) is 13.8 Å². The van der Waals surface area contributed by atoms with Crippen LogP contribution in [0.3, 0.4) is 0 Å². The number of hydrogen-bond donors (Lipinski definition) is 3. The third kappa shape index (κ3) is 3.60. The van der Waals surface area contributed by atoms with Gasteiger partial charge in [0, 0.05) is 7.05 Å². The van der Waals surface area contributed by atoms with Crippen LogP contribution in [0.5, 0.6) is 0 Å². The largest absolute Gasteiger partial charge is 0.480 e. The fourth-order valence-corrected chi connectivity index (χ4v) is 2.27. The van der Waals surface area contributed by atoms with Crippen molar-refractivity contribution in [3.05, 3.63) is 11.4 Å². The van der Waals surface area contributed by atoms with Crippen LogP contribution in [0.4, 0.5) is 5.69 Å². The zero-order valence-corrected chi connectivity index (χ0v) is 13.3. The maximum absolute atomic E-state index is 12.0. The average Bonchev–Trinajstić information content (AvgIpc) is 2.67. The number of nitrogens with zero attached hydrogens (tertiary/aromatic N) is 2. The summed E-state index contributed by atoms with van der Waals surface area (Å²) in [5.41, 5.74) is 1.21. The number of anilines is 1. The molecule has 1 amide bonds. The molecule has 0 aliphatic heterocycles. The molecular weight excluding hydrogens is 272 g/mol. The highest BCUT2D eigenvalue weighted by Crippen LogP contribution is 2.18. The second-order valence-corrected chi connectivity index (χ2v) is 5.17. The lowest BCUT2D eigenvalue weighted by atomic mass is 9.93. The Hall–Kier alpha value is -1.89. The third-order valence-corrected chi connectivity index (χ3v) is 3.98. The van der Waals surface area contributed by atoms with Crippen LogP contribution in [0.1, 0.15) is 38.1 Å². The van der Waals surface area contributed by atoms with Gasteiger partial charge >= 0.3 is 5.97 Å². The molecule has 0 fully saturated rings. The average molecular weight is 296 g/mol. The zero-order valence-electron chi connectivity index (χ0n) is 13.3. The molecule has 0 aliphatic rings. The van der Waals surface area contributed by atoms with E-state index in [4.69, 9.17) is 0 Å². The van der Waals surface area contributed by atoms with Crippen molar-refractivity contribution in [1.82, 2.24) is 15.1 Å². The molecule has 0 spiro atoms. The van der Waals surface area contributed by atoms with E-state index in [-0.39, 0.29) is 12.5 Å². The number of aryl methyl sites for hydroxylation is 2. The van der Waals surface area contributed by atoms with Gasteiger partial charge in [0.05, 0.1) is 23.6 Å². The summed E-state index contributed by atoms with van der Waals surface area (Å²) in [5.74, 6) is -1.21. The lowest BCUT2D eigenvalue weighted by Crippen LogP contribution is -2.53. The van der Waals surface area contributed by atoms with Crippen molar-refractivity contribution in [1.29, 1.82) is 0 Å². The second-order valence-electron chi connectivity index (χ2n) is 5.17. The van der Waals surface area contributed by atoms with Gasteiger partial charge in [-0.3, -0.25) is 19.6 Å². The summed E-state index contributed by atoms with van der Waals surface area (Å²) in [7, 11) is 1.81. The molecule has 1 aromatic heterocycles. The van der Waals surface area contributed by atoms with Gasteiger partial charge in [-0.1, -0.05) is 13.8 Å². The molecule has 0 radical (unpaired) electrons. The molecule has 1 heterocycles. The minimum atomic E-state index is -1.06. The van der Waals surface area contributed by atoms with Crippen LogP contribution >= 0.6 is 0 Å². The van der Waals surface area contributed by atoms with Crippen molar-refractivity contribution in [2.75, 3.05) is 11.9 Å². The van der Waals surface area contributed by atoms with E-state index in [1.165, 1.54) is 0 Å². The van der Waals surface area contributed by atoms with E-state index in [2.05, 4.69) is 15.7 Å². The van der Waals surface area contributed by atoms with Crippen LogP contribution in [-0.4, -0.2) is 38.8 Å². The predicted octanol–water partition coefficient (Wildman–Crippen LogP) is 1.21. The van der Waals surface area contributed by atoms with Crippen molar-refractivity contribution in [2.24, 2.45) is 7.05 Å². The summed E-state index contributed by atoms with van der Waals surface area (Å²) in [6.07, 6.45) is 0.828. The van der Waals surface area contributed by atoms with E-state index in [1.807, 2.05) is 13.8 Å². The Morgan fingerprint density at radius 2 is 1.86 bits per heavy atom. The van der Waals surface area contributed by atoms with Crippen LogP contribution in [0.15, 0.2) is 0 Å². The molecule has 7 nitrogen and oxygen atoms in total. The minimum absolute atomic E-state index is 0.0538. The number of amides is 1. The van der Waals surface area contributed by atoms with Gasteiger partial charge in [0.15, 0.2) is 0 Å². The van der Waals surface area contributed by atoms with E-state index in [0.29, 0.717) is 18.5 Å². The molecule has 0 bridgehead atoms. The fourth-order valence-electron chi connectivity index (χ4n) is 2.27. The zero-order chi connectivity index (χ0) is 16.2. The van der Waals surface area contributed by atoms with Crippen molar-refractivity contribution < 1.29 is 14.7 Å². The molecule has 1 rings (SSSR count). The third-order valence-electron chi connectivity index (χ3n) is 3.98. The Morgan fingerprint density at radius 1 is 1.29 bits per heavy atom. The highest BCUT2D eigenvalue weighted by atomic mass is 16.4. The first-order chi connectivity index (χ1) is 9.77. The maximum atomic E-state index is 12.0. The monoisotopic (exact) mass is 296 g/mol. The van der Waals surface area contributed by atoms with Crippen LogP contribution in [0.2, 0.25) is 0 Å². The number of aromatic nitrogens is 2. The quantitative estimate of drug-likeness (QED) is 0.703. The van der Waals surface area contributed by atoms with Gasteiger partial charge in [-0.25, -0.2) is 0 Å². The molecule has 0 aromatic carbocycles. The summed E-state index contributed by atoms with van der Waals surface area (Å²) >= 11 is 0. The van der Waals surface area contributed by atoms with E-state index in [1.54, 1.807) is 25.6 Å². The van der Waals surface area contributed by atoms with E-state index in [9.17, 15) is 14.7 Å². The van der Waals surface area contributed by atoms with Gasteiger partial charge in [0.2, 0.25) is 5.91 Å². The van der Waals surface area contributed by atoms with Gasteiger partial charge in [-0.05, 0) is 26.7 Å². The highest BCUT2D eigenvalue weighted by Gasteiger charge is 2.34. The number of rotatable bonds is 7. The Balaban J connectivity index is 2.72. The molecule has 0 atom stereocenters. The van der Waals surface area contributed by atoms with Crippen molar-refractivity contribution >= 4 is 17.6 Å². The molecule has 0 saturated carbocycles. The number of aliphatic carboxylic acids is 1. The van der Waals surface area contributed by atoms with Gasteiger partial charge in [0.25, 0.3) is 0 Å². The van der Waals surface area contributed by atoms with Crippen molar-refractivity contribution in [3.8, 4) is 0 Å². The molecule has 118 valence electrons. The molecule has 21 heavy (non-hydrogen) atoms.